The van der Waals surface area contributed by atoms with Gasteiger partial charge in [0.25, 0.3) is 0 Å². The summed E-state index contributed by atoms with van der Waals surface area (Å²) in [6.45, 7) is 3.14. The quantitative estimate of drug-likeness (QED) is 0.829. The fourth-order valence-electron chi connectivity index (χ4n) is 2.38. The van der Waals surface area contributed by atoms with Crippen LogP contribution in [0.25, 0.3) is 0 Å². The van der Waals surface area contributed by atoms with Crippen molar-refractivity contribution in [3.05, 3.63) is 11.9 Å². The minimum Gasteiger partial charge on any atom is -0.373 e. The lowest BCUT2D eigenvalue weighted by Crippen LogP contribution is -2.40. The highest BCUT2D eigenvalue weighted by atomic mass is 32.2. The van der Waals surface area contributed by atoms with E-state index < -0.39 is 0 Å². The molecule has 1 aliphatic carbocycles. The van der Waals surface area contributed by atoms with E-state index in [1.54, 1.807) is 6.33 Å². The van der Waals surface area contributed by atoms with Crippen LogP contribution in [0.5, 0.6) is 0 Å². The third-order valence-electron chi connectivity index (χ3n) is 3.81. The highest BCUT2D eigenvalue weighted by molar-refractivity contribution is 8.00. The highest BCUT2D eigenvalue weighted by Crippen LogP contribution is 2.42. The molecule has 1 heterocycles. The molecule has 0 aliphatic heterocycles. The molecule has 1 fully saturated rings. The van der Waals surface area contributed by atoms with Crippen LogP contribution in [0.15, 0.2) is 6.33 Å². The first kappa shape index (κ1) is 13.5. The summed E-state index contributed by atoms with van der Waals surface area (Å²) in [4.78, 5) is 8.64. The fraction of sp³-hybridized carbons (Fsp3) is 0.692. The van der Waals surface area contributed by atoms with Gasteiger partial charge < -0.3 is 10.6 Å². The zero-order valence-corrected chi connectivity index (χ0v) is 12.2. The van der Waals surface area contributed by atoms with Crippen molar-refractivity contribution in [2.75, 3.05) is 30.5 Å². The van der Waals surface area contributed by atoms with Gasteiger partial charge in [0.05, 0.1) is 0 Å². The zero-order valence-electron chi connectivity index (χ0n) is 11.4. The molecule has 0 radical (unpaired) electrons. The molecule has 0 unspecified atom stereocenters. The largest absolute Gasteiger partial charge is 0.373 e. The second-order valence-corrected chi connectivity index (χ2v) is 6.02. The molecular formula is C13H22N4S. The smallest absolute Gasteiger partial charge is 0.134 e. The lowest BCUT2D eigenvalue weighted by atomic mass is 9.84. The van der Waals surface area contributed by atoms with Gasteiger partial charge in [0, 0.05) is 23.9 Å². The molecule has 0 saturated heterocycles. The zero-order chi connectivity index (χ0) is 13.0. The SMILES string of the molecule is CCc1c(NC)ncnc1NCC1(SC)CCC1. The molecule has 1 aromatic heterocycles. The summed E-state index contributed by atoms with van der Waals surface area (Å²) < 4.78 is 0.426. The predicted octanol–water partition coefficient (Wildman–Crippen LogP) is 2.78. The second-order valence-electron chi connectivity index (χ2n) is 4.75. The van der Waals surface area contributed by atoms with E-state index in [1.165, 1.54) is 24.8 Å². The first-order chi connectivity index (χ1) is 8.74. The number of nitrogens with zero attached hydrogens (tertiary/aromatic N) is 2. The van der Waals surface area contributed by atoms with Crippen molar-refractivity contribution in [1.29, 1.82) is 0 Å². The Bertz CT molecular complexity index is 398. The maximum absolute atomic E-state index is 4.38. The Morgan fingerprint density at radius 3 is 2.56 bits per heavy atom. The molecule has 0 atom stereocenters. The van der Waals surface area contributed by atoms with Crippen molar-refractivity contribution in [2.45, 2.75) is 37.4 Å². The second kappa shape index (κ2) is 5.78. The molecule has 5 heteroatoms. The molecule has 100 valence electrons. The van der Waals surface area contributed by atoms with Crippen LogP contribution < -0.4 is 10.6 Å². The van der Waals surface area contributed by atoms with E-state index in [1.807, 2.05) is 18.8 Å². The van der Waals surface area contributed by atoms with Crippen LogP contribution in [0, 0.1) is 0 Å². The molecule has 0 aromatic carbocycles. The Labute approximate surface area is 113 Å². The number of hydrogen-bond acceptors (Lipinski definition) is 5. The average molecular weight is 266 g/mol. The van der Waals surface area contributed by atoms with Gasteiger partial charge in [0.1, 0.15) is 18.0 Å². The van der Waals surface area contributed by atoms with Crippen LogP contribution in [-0.4, -0.2) is 34.6 Å². The van der Waals surface area contributed by atoms with Gasteiger partial charge in [-0.05, 0) is 25.5 Å². The summed E-state index contributed by atoms with van der Waals surface area (Å²) in [5, 5.41) is 6.65. The minimum absolute atomic E-state index is 0.426. The maximum Gasteiger partial charge on any atom is 0.134 e. The van der Waals surface area contributed by atoms with Crippen LogP contribution in [0.1, 0.15) is 31.7 Å². The predicted molar refractivity (Wildman–Crippen MR) is 79.5 cm³/mol. The maximum atomic E-state index is 4.38. The van der Waals surface area contributed by atoms with E-state index in [-0.39, 0.29) is 0 Å². The fourth-order valence-corrected chi connectivity index (χ4v) is 3.30. The van der Waals surface area contributed by atoms with Crippen molar-refractivity contribution in [1.82, 2.24) is 9.97 Å². The standard InChI is InChI=1S/C13H22N4S/c1-4-10-11(14-2)16-9-17-12(10)15-8-13(18-3)6-5-7-13/h9H,4-8H2,1-3H3,(H2,14,15,16,17). The third-order valence-corrected chi connectivity index (χ3v) is 5.23. The topological polar surface area (TPSA) is 49.8 Å². The number of hydrogen-bond donors (Lipinski definition) is 2. The monoisotopic (exact) mass is 266 g/mol. The van der Waals surface area contributed by atoms with Crippen molar-refractivity contribution in [3.63, 3.8) is 0 Å². The Balaban J connectivity index is 2.09. The van der Waals surface area contributed by atoms with Crippen LogP contribution in [0.2, 0.25) is 0 Å². The minimum atomic E-state index is 0.426. The molecular weight excluding hydrogens is 244 g/mol. The van der Waals surface area contributed by atoms with E-state index in [0.29, 0.717) is 4.75 Å². The van der Waals surface area contributed by atoms with Gasteiger partial charge in [-0.3, -0.25) is 0 Å². The molecule has 1 aliphatic rings. The van der Waals surface area contributed by atoms with Crippen LogP contribution in [0.3, 0.4) is 0 Å². The van der Waals surface area contributed by atoms with Crippen LogP contribution in [0.4, 0.5) is 11.6 Å². The summed E-state index contributed by atoms with van der Waals surface area (Å²) >= 11 is 1.98. The van der Waals surface area contributed by atoms with Gasteiger partial charge >= 0.3 is 0 Å². The van der Waals surface area contributed by atoms with E-state index in [2.05, 4.69) is 33.8 Å². The van der Waals surface area contributed by atoms with Crippen molar-refractivity contribution < 1.29 is 0 Å². The molecule has 0 amide bonds. The average Bonchev–Trinajstić information content (AvgIpc) is 2.37. The summed E-state index contributed by atoms with van der Waals surface area (Å²) in [5.74, 6) is 1.92. The van der Waals surface area contributed by atoms with Gasteiger partial charge in [-0.2, -0.15) is 11.8 Å². The first-order valence-electron chi connectivity index (χ1n) is 6.55. The Morgan fingerprint density at radius 1 is 1.33 bits per heavy atom. The molecule has 1 aromatic rings. The summed E-state index contributed by atoms with van der Waals surface area (Å²) in [6.07, 6.45) is 8.75. The van der Waals surface area contributed by atoms with E-state index >= 15 is 0 Å². The first-order valence-corrected chi connectivity index (χ1v) is 7.78. The summed E-state index contributed by atoms with van der Waals surface area (Å²) in [7, 11) is 1.90. The number of thioether (sulfide) groups is 1. The summed E-state index contributed by atoms with van der Waals surface area (Å²) in [5.41, 5.74) is 1.18. The molecule has 2 N–H and O–H groups in total. The van der Waals surface area contributed by atoms with Crippen molar-refractivity contribution in [3.8, 4) is 0 Å². The van der Waals surface area contributed by atoms with Crippen LogP contribution in [-0.2, 0) is 6.42 Å². The molecule has 0 bridgehead atoms. The lowest BCUT2D eigenvalue weighted by molar-refractivity contribution is 0.379. The summed E-state index contributed by atoms with van der Waals surface area (Å²) in [6, 6.07) is 0. The van der Waals surface area contributed by atoms with Gasteiger partial charge in [-0.1, -0.05) is 13.3 Å². The van der Waals surface area contributed by atoms with Gasteiger partial charge in [0.2, 0.25) is 0 Å². The molecule has 4 nitrogen and oxygen atoms in total. The van der Waals surface area contributed by atoms with E-state index in [9.17, 15) is 0 Å². The third kappa shape index (κ3) is 2.55. The molecule has 1 saturated carbocycles. The number of aromatic nitrogens is 2. The Kier molecular flexibility index (Phi) is 4.32. The number of anilines is 2. The van der Waals surface area contributed by atoms with E-state index in [4.69, 9.17) is 0 Å². The molecule has 18 heavy (non-hydrogen) atoms. The lowest BCUT2D eigenvalue weighted by Gasteiger charge is -2.40. The van der Waals surface area contributed by atoms with Gasteiger partial charge in [0.15, 0.2) is 0 Å². The molecule has 0 spiro atoms. The number of nitrogens with one attached hydrogen (secondary N) is 2. The van der Waals surface area contributed by atoms with Gasteiger partial charge in [-0.25, -0.2) is 9.97 Å². The Hall–Kier alpha value is -0.970. The highest BCUT2D eigenvalue weighted by Gasteiger charge is 2.36. The molecule has 2 rings (SSSR count). The normalized spacial score (nSPS) is 17.1. The van der Waals surface area contributed by atoms with Gasteiger partial charge in [-0.15, -0.1) is 0 Å². The van der Waals surface area contributed by atoms with Crippen molar-refractivity contribution in [2.24, 2.45) is 0 Å². The van der Waals surface area contributed by atoms with E-state index in [0.717, 1.165) is 24.6 Å². The number of rotatable bonds is 6. The van der Waals surface area contributed by atoms with Crippen LogP contribution >= 0.6 is 11.8 Å². The van der Waals surface area contributed by atoms with Crippen molar-refractivity contribution >= 4 is 23.4 Å². The Morgan fingerprint density at radius 2 is 2.06 bits per heavy atom.